The van der Waals surface area contributed by atoms with E-state index in [1.165, 1.54) is 132 Å². The quantitative estimate of drug-likeness (QED) is 0.210. The number of ether oxygens (including phenoxy) is 1. The van der Waals surface area contributed by atoms with Crippen molar-refractivity contribution in [2.75, 3.05) is 0 Å². The Kier molecular flexibility index (Phi) is 13.9. The monoisotopic (exact) mass is 508 g/mol. The summed E-state index contributed by atoms with van der Waals surface area (Å²) in [5.41, 5.74) is 3.97. The predicted molar refractivity (Wildman–Crippen MR) is 159 cm³/mol. The topological polar surface area (TPSA) is 26.3 Å². The second kappa shape index (κ2) is 17.1. The van der Waals surface area contributed by atoms with Crippen molar-refractivity contribution in [2.45, 2.75) is 167 Å². The van der Waals surface area contributed by atoms with E-state index in [2.05, 4.69) is 24.8 Å². The van der Waals surface area contributed by atoms with Crippen LogP contribution in [-0.2, 0) is 9.53 Å². The van der Waals surface area contributed by atoms with Crippen molar-refractivity contribution >= 4 is 5.97 Å². The summed E-state index contributed by atoms with van der Waals surface area (Å²) in [6, 6.07) is 0. The first-order valence-electron chi connectivity index (χ1n) is 16.1. The zero-order valence-corrected chi connectivity index (χ0v) is 24.2. The molecular formula is C35H56O2. The molecule has 208 valence electrons. The van der Waals surface area contributed by atoms with Crippen molar-refractivity contribution in [1.29, 1.82) is 0 Å². The van der Waals surface area contributed by atoms with Gasteiger partial charge in [-0.1, -0.05) is 102 Å². The zero-order valence-electron chi connectivity index (χ0n) is 24.2. The first kappa shape index (κ1) is 30.0. The molecule has 0 N–H and O–H groups in total. The lowest BCUT2D eigenvalue weighted by atomic mass is 9.72. The first-order valence-corrected chi connectivity index (χ1v) is 16.1. The van der Waals surface area contributed by atoms with Crippen molar-refractivity contribution < 1.29 is 9.53 Å². The Balaban J connectivity index is 2.17. The maximum absolute atomic E-state index is 13.5. The van der Waals surface area contributed by atoms with Gasteiger partial charge in [-0.2, -0.15) is 0 Å². The summed E-state index contributed by atoms with van der Waals surface area (Å²) in [7, 11) is 0. The summed E-state index contributed by atoms with van der Waals surface area (Å²) in [6.45, 7) is 5.84. The highest BCUT2D eigenvalue weighted by Gasteiger charge is 2.44. The number of carbonyl (C=O) groups excluding carboxylic acids is 1. The van der Waals surface area contributed by atoms with Crippen LogP contribution in [0.15, 0.2) is 47.1 Å². The number of carbonyl (C=O) groups is 1. The molecular weight excluding hydrogens is 452 g/mol. The van der Waals surface area contributed by atoms with Crippen molar-refractivity contribution in [3.63, 3.8) is 0 Å². The maximum Gasteiger partial charge on any atom is 0.334 e. The molecule has 3 aliphatic rings. The number of hydrogen-bond donors (Lipinski definition) is 0. The summed E-state index contributed by atoms with van der Waals surface area (Å²) in [4.78, 5) is 13.5. The fourth-order valence-corrected chi connectivity index (χ4v) is 6.64. The second-order valence-electron chi connectivity index (χ2n) is 12.0. The lowest BCUT2D eigenvalue weighted by Gasteiger charge is -2.42. The highest BCUT2D eigenvalue weighted by atomic mass is 16.6. The minimum absolute atomic E-state index is 0.214. The fraction of sp³-hybridized carbons (Fsp3) is 0.743. The molecule has 0 aliphatic heterocycles. The molecule has 0 aromatic rings. The normalized spacial score (nSPS) is 26.7. The number of rotatable bonds is 5. The van der Waals surface area contributed by atoms with E-state index >= 15 is 0 Å². The average molecular weight is 509 g/mol. The number of allylic oxidation sites excluding steroid dienone is 3. The van der Waals surface area contributed by atoms with E-state index in [1.807, 2.05) is 6.92 Å². The van der Waals surface area contributed by atoms with Gasteiger partial charge in [0.05, 0.1) is 0 Å². The van der Waals surface area contributed by atoms with Crippen LogP contribution < -0.4 is 0 Å². The van der Waals surface area contributed by atoms with Crippen LogP contribution in [-0.4, -0.2) is 11.6 Å². The Morgan fingerprint density at radius 3 is 1.19 bits per heavy atom. The highest BCUT2D eigenvalue weighted by molar-refractivity contribution is 5.88. The predicted octanol–water partition coefficient (Wildman–Crippen LogP) is 11.0. The van der Waals surface area contributed by atoms with Gasteiger partial charge in [0.1, 0.15) is 0 Å². The van der Waals surface area contributed by atoms with Crippen LogP contribution in [0.4, 0.5) is 0 Å². The minimum atomic E-state index is -0.701. The van der Waals surface area contributed by atoms with Gasteiger partial charge in [0.15, 0.2) is 5.60 Å². The van der Waals surface area contributed by atoms with Gasteiger partial charge in [0.25, 0.3) is 0 Å². The summed E-state index contributed by atoms with van der Waals surface area (Å²) in [5, 5.41) is 0. The molecule has 0 bridgehead atoms. The van der Waals surface area contributed by atoms with E-state index in [1.54, 1.807) is 0 Å². The molecule has 0 amide bonds. The highest BCUT2D eigenvalue weighted by Crippen LogP contribution is 2.46. The Morgan fingerprint density at radius 1 is 0.568 bits per heavy atom. The molecule has 0 spiro atoms. The lowest BCUT2D eigenvalue weighted by Crippen LogP contribution is -2.42. The van der Waals surface area contributed by atoms with Crippen molar-refractivity contribution in [3.05, 3.63) is 47.1 Å². The molecule has 0 saturated carbocycles. The molecule has 0 aromatic heterocycles. The Morgan fingerprint density at radius 2 is 0.865 bits per heavy atom. The van der Waals surface area contributed by atoms with Crippen molar-refractivity contribution in [3.8, 4) is 0 Å². The van der Waals surface area contributed by atoms with Gasteiger partial charge in [-0.15, -0.1) is 0 Å². The number of hydrogen-bond acceptors (Lipinski definition) is 2. The van der Waals surface area contributed by atoms with Crippen LogP contribution >= 0.6 is 0 Å². The van der Waals surface area contributed by atoms with Crippen molar-refractivity contribution in [1.82, 2.24) is 0 Å². The lowest BCUT2D eigenvalue weighted by molar-refractivity contribution is -0.146. The zero-order chi connectivity index (χ0) is 26.2. The molecule has 0 fully saturated rings. The molecule has 0 aromatic carbocycles. The largest absolute Gasteiger partial charge is 0.442 e. The molecule has 2 heteroatoms. The van der Waals surface area contributed by atoms with E-state index in [-0.39, 0.29) is 5.97 Å². The average Bonchev–Trinajstić information content (AvgIpc) is 2.91. The molecule has 0 atom stereocenters. The van der Waals surface area contributed by atoms with Gasteiger partial charge >= 0.3 is 5.97 Å². The Labute approximate surface area is 229 Å². The minimum Gasteiger partial charge on any atom is -0.442 e. The summed E-state index contributed by atoms with van der Waals surface area (Å²) in [5.74, 6) is -0.214. The van der Waals surface area contributed by atoms with Gasteiger partial charge in [-0.3, -0.25) is 0 Å². The Hall–Kier alpha value is -1.57. The van der Waals surface area contributed by atoms with Crippen LogP contribution in [0, 0.1) is 0 Å². The third-order valence-corrected chi connectivity index (χ3v) is 8.82. The third-order valence-electron chi connectivity index (χ3n) is 8.82. The molecule has 3 rings (SSSR count). The van der Waals surface area contributed by atoms with Gasteiger partial charge in [-0.25, -0.2) is 4.79 Å². The van der Waals surface area contributed by atoms with Crippen LogP contribution in [0.3, 0.4) is 0 Å². The molecule has 3 aliphatic carbocycles. The van der Waals surface area contributed by atoms with E-state index in [4.69, 9.17) is 4.74 Å². The molecule has 0 unspecified atom stereocenters. The Bertz CT molecular complexity index is 712. The van der Waals surface area contributed by atoms with E-state index < -0.39 is 5.60 Å². The van der Waals surface area contributed by atoms with Gasteiger partial charge in [0.2, 0.25) is 0 Å². The molecule has 0 saturated heterocycles. The molecule has 37 heavy (non-hydrogen) atoms. The first-order chi connectivity index (χ1) is 18.1. The van der Waals surface area contributed by atoms with E-state index in [9.17, 15) is 4.79 Å². The van der Waals surface area contributed by atoms with Gasteiger partial charge in [0, 0.05) is 5.57 Å². The van der Waals surface area contributed by atoms with Crippen LogP contribution in [0.25, 0.3) is 0 Å². The standard InChI is InChI=1S/C35H56O2/c1-30(2)34(36)37-35(31-24-18-12-6-3-7-13-19-25-31,32-26-20-14-8-4-9-15-21-27-32)33-28-22-16-10-5-11-17-23-29-33/h24,26,28H,1,3-23,25,27,29H2,2H3/b31-24+,32-26+,33-28+. The van der Waals surface area contributed by atoms with E-state index in [0.717, 1.165) is 38.5 Å². The fourth-order valence-electron chi connectivity index (χ4n) is 6.64. The SMILES string of the molecule is C=C(C)C(=O)OC(/C1=C/CCCCCCCC1)(/C1=C/CCCCCCCC1)/C1=C/CCCCCCCC1. The smallest absolute Gasteiger partial charge is 0.334 e. The summed E-state index contributed by atoms with van der Waals surface area (Å²) in [6.07, 6.45) is 37.1. The maximum atomic E-state index is 13.5. The van der Waals surface area contributed by atoms with Crippen molar-refractivity contribution in [2.24, 2.45) is 0 Å². The van der Waals surface area contributed by atoms with Gasteiger partial charge in [-0.05, 0) is 101 Å². The number of esters is 1. The second-order valence-corrected chi connectivity index (χ2v) is 12.0. The molecule has 2 nitrogen and oxygen atoms in total. The van der Waals surface area contributed by atoms with E-state index in [0.29, 0.717) is 5.57 Å². The van der Waals surface area contributed by atoms with Crippen LogP contribution in [0.1, 0.15) is 161 Å². The van der Waals surface area contributed by atoms with Crippen LogP contribution in [0.2, 0.25) is 0 Å². The van der Waals surface area contributed by atoms with Crippen LogP contribution in [0.5, 0.6) is 0 Å². The summed E-state index contributed by atoms with van der Waals surface area (Å²) >= 11 is 0. The third kappa shape index (κ3) is 9.60. The molecule has 0 radical (unpaired) electrons. The molecule has 0 heterocycles. The van der Waals surface area contributed by atoms with Gasteiger partial charge < -0.3 is 4.74 Å². The summed E-state index contributed by atoms with van der Waals surface area (Å²) < 4.78 is 6.88.